The molecule has 0 aliphatic rings. The molecule has 0 spiro atoms. The number of carbonyl (C=O) groups is 1. The Morgan fingerprint density at radius 3 is 2.86 bits per heavy atom. The molecular weight excluding hydrogens is 388 g/mol. The van der Waals surface area contributed by atoms with E-state index < -0.39 is 5.97 Å². The molecule has 3 aromatic rings. The van der Waals surface area contributed by atoms with Gasteiger partial charge in [-0.25, -0.2) is 9.78 Å². The van der Waals surface area contributed by atoms with Crippen molar-refractivity contribution in [3.63, 3.8) is 0 Å². The number of carboxylic acid groups (broad SMARTS) is 1. The highest BCUT2D eigenvalue weighted by atomic mass is 79.9. The lowest BCUT2D eigenvalue weighted by Gasteiger charge is -1.94. The molecule has 3 rings (SSSR count). The molecule has 0 amide bonds. The lowest BCUT2D eigenvalue weighted by Crippen LogP contribution is -2.09. The average Bonchev–Trinajstić information content (AvgIpc) is 3.01. The Kier molecular flexibility index (Phi) is 3.98. The second-order valence-corrected chi connectivity index (χ2v) is 7.35. The van der Waals surface area contributed by atoms with E-state index in [4.69, 9.17) is 5.11 Å². The number of thiophene rings is 2. The van der Waals surface area contributed by atoms with Crippen LogP contribution in [0.15, 0.2) is 20.7 Å². The van der Waals surface area contributed by atoms with E-state index in [2.05, 4.69) is 25.9 Å². The van der Waals surface area contributed by atoms with Gasteiger partial charge in [0.05, 0.1) is 5.39 Å². The zero-order valence-electron chi connectivity index (χ0n) is 11.2. The zero-order chi connectivity index (χ0) is 15.9. The summed E-state index contributed by atoms with van der Waals surface area (Å²) in [7, 11) is 0. The lowest BCUT2D eigenvalue weighted by molar-refractivity contribution is 0.0701. The molecule has 0 radical (unpaired) electrons. The standard InChI is InChI=1S/C14H9BrN2O3S2/c1-6-10-12(18)16-9(3-2-8-4-7(15)5-21-8)17-13(10)22-11(6)14(19)20/h2-5H,1H3,(H,19,20)(H,16,17,18)/b3-2+. The summed E-state index contributed by atoms with van der Waals surface area (Å²) in [6.45, 7) is 1.62. The second-order valence-electron chi connectivity index (χ2n) is 4.49. The minimum atomic E-state index is -1.04. The summed E-state index contributed by atoms with van der Waals surface area (Å²) in [6, 6.07) is 1.95. The zero-order valence-corrected chi connectivity index (χ0v) is 14.4. The summed E-state index contributed by atoms with van der Waals surface area (Å²) in [5, 5.41) is 11.4. The highest BCUT2D eigenvalue weighted by Crippen LogP contribution is 2.27. The van der Waals surface area contributed by atoms with Gasteiger partial charge in [0.25, 0.3) is 5.56 Å². The summed E-state index contributed by atoms with van der Waals surface area (Å²) in [4.78, 5) is 31.9. The normalized spacial score (nSPS) is 11.5. The van der Waals surface area contributed by atoms with Crippen molar-refractivity contribution in [3.8, 4) is 0 Å². The number of rotatable bonds is 3. The number of halogens is 1. The molecule has 0 atom stereocenters. The third-order valence-electron chi connectivity index (χ3n) is 3.01. The Labute approximate surface area is 141 Å². The van der Waals surface area contributed by atoms with Gasteiger partial charge in [0.1, 0.15) is 15.5 Å². The van der Waals surface area contributed by atoms with Crippen LogP contribution in [0.3, 0.4) is 0 Å². The van der Waals surface area contributed by atoms with E-state index in [0.29, 0.717) is 21.6 Å². The predicted octanol–water partition coefficient (Wildman–Crippen LogP) is 3.99. The molecule has 0 aromatic carbocycles. The van der Waals surface area contributed by atoms with E-state index in [9.17, 15) is 9.59 Å². The maximum atomic E-state index is 12.2. The van der Waals surface area contributed by atoms with Gasteiger partial charge in [-0.3, -0.25) is 4.79 Å². The van der Waals surface area contributed by atoms with Gasteiger partial charge < -0.3 is 10.1 Å². The SMILES string of the molecule is Cc1c(C(=O)O)sc2nc(/C=C/c3cc(Br)cs3)[nH]c(=O)c12. The molecule has 0 aliphatic heterocycles. The summed E-state index contributed by atoms with van der Waals surface area (Å²) in [5.74, 6) is -0.638. The molecule has 112 valence electrons. The van der Waals surface area contributed by atoms with Crippen LogP contribution in [0, 0.1) is 6.92 Å². The molecule has 0 saturated heterocycles. The number of nitrogens with zero attached hydrogens (tertiary/aromatic N) is 1. The van der Waals surface area contributed by atoms with Gasteiger partial charge in [0, 0.05) is 14.7 Å². The number of hydrogen-bond acceptors (Lipinski definition) is 5. The number of aryl methyl sites for hydroxylation is 1. The van der Waals surface area contributed by atoms with Crippen molar-refractivity contribution in [2.75, 3.05) is 0 Å². The highest BCUT2D eigenvalue weighted by Gasteiger charge is 2.18. The third kappa shape index (κ3) is 2.77. The number of aromatic amines is 1. The minimum absolute atomic E-state index is 0.149. The summed E-state index contributed by atoms with van der Waals surface area (Å²) in [6.07, 6.45) is 3.55. The van der Waals surface area contributed by atoms with Crippen LogP contribution in [-0.4, -0.2) is 21.0 Å². The Morgan fingerprint density at radius 2 is 2.23 bits per heavy atom. The fraction of sp³-hybridized carbons (Fsp3) is 0.0714. The summed E-state index contributed by atoms with van der Waals surface area (Å²) >= 11 is 5.95. The number of aromatic carboxylic acids is 1. The highest BCUT2D eigenvalue weighted by molar-refractivity contribution is 9.10. The van der Waals surface area contributed by atoms with E-state index >= 15 is 0 Å². The Bertz CT molecular complexity index is 968. The third-order valence-corrected chi connectivity index (χ3v) is 5.84. The number of carboxylic acids is 1. The number of hydrogen-bond donors (Lipinski definition) is 2. The molecule has 0 aliphatic carbocycles. The van der Waals surface area contributed by atoms with Crippen molar-refractivity contribution >= 4 is 66.9 Å². The Morgan fingerprint density at radius 1 is 1.45 bits per heavy atom. The monoisotopic (exact) mass is 396 g/mol. The van der Waals surface area contributed by atoms with Crippen LogP contribution in [0.25, 0.3) is 22.4 Å². The molecule has 2 N–H and O–H groups in total. The van der Waals surface area contributed by atoms with Crippen LogP contribution in [0.1, 0.15) is 25.9 Å². The van der Waals surface area contributed by atoms with Crippen molar-refractivity contribution in [1.82, 2.24) is 9.97 Å². The maximum Gasteiger partial charge on any atom is 0.346 e. The summed E-state index contributed by atoms with van der Waals surface area (Å²) in [5.41, 5.74) is 0.136. The van der Waals surface area contributed by atoms with Gasteiger partial charge in [0.2, 0.25) is 0 Å². The van der Waals surface area contributed by atoms with Gasteiger partial charge in [-0.1, -0.05) is 0 Å². The molecule has 3 heterocycles. The fourth-order valence-corrected chi connectivity index (χ4v) is 4.38. The van der Waals surface area contributed by atoms with E-state index in [-0.39, 0.29) is 10.4 Å². The topological polar surface area (TPSA) is 83.0 Å². The number of aromatic nitrogens is 2. The molecule has 0 fully saturated rings. The van der Waals surface area contributed by atoms with Crippen LogP contribution in [0.2, 0.25) is 0 Å². The summed E-state index contributed by atoms with van der Waals surface area (Å²) < 4.78 is 0.994. The van der Waals surface area contributed by atoms with Crippen LogP contribution in [-0.2, 0) is 0 Å². The van der Waals surface area contributed by atoms with E-state index in [0.717, 1.165) is 20.7 Å². The van der Waals surface area contributed by atoms with Crippen LogP contribution < -0.4 is 5.56 Å². The van der Waals surface area contributed by atoms with Crippen molar-refractivity contribution in [2.45, 2.75) is 6.92 Å². The molecule has 0 saturated carbocycles. The van der Waals surface area contributed by atoms with Gasteiger partial charge in [-0.2, -0.15) is 0 Å². The first kappa shape index (κ1) is 15.1. The second kappa shape index (κ2) is 5.79. The van der Waals surface area contributed by atoms with Crippen LogP contribution in [0.5, 0.6) is 0 Å². The molecule has 0 unspecified atom stereocenters. The average molecular weight is 397 g/mol. The Balaban J connectivity index is 2.07. The molecule has 0 bridgehead atoms. The van der Waals surface area contributed by atoms with Crippen molar-refractivity contribution in [1.29, 1.82) is 0 Å². The van der Waals surface area contributed by atoms with Crippen molar-refractivity contribution < 1.29 is 9.90 Å². The molecular formula is C14H9BrN2O3S2. The number of fused-ring (bicyclic) bond motifs is 1. The fourth-order valence-electron chi connectivity index (χ4n) is 2.02. The first-order valence-electron chi connectivity index (χ1n) is 6.14. The van der Waals surface area contributed by atoms with Crippen LogP contribution >= 0.6 is 38.6 Å². The number of nitrogens with one attached hydrogen (secondary N) is 1. The smallest absolute Gasteiger partial charge is 0.346 e. The van der Waals surface area contributed by atoms with Gasteiger partial charge in [-0.15, -0.1) is 22.7 Å². The van der Waals surface area contributed by atoms with Gasteiger partial charge in [0.15, 0.2) is 0 Å². The van der Waals surface area contributed by atoms with E-state index in [1.54, 1.807) is 24.3 Å². The van der Waals surface area contributed by atoms with Gasteiger partial charge >= 0.3 is 5.97 Å². The first-order valence-corrected chi connectivity index (χ1v) is 8.63. The van der Waals surface area contributed by atoms with Crippen molar-refractivity contribution in [3.05, 3.63) is 47.4 Å². The van der Waals surface area contributed by atoms with E-state index in [1.165, 1.54) is 0 Å². The first-order chi connectivity index (χ1) is 10.5. The van der Waals surface area contributed by atoms with Crippen molar-refractivity contribution in [2.24, 2.45) is 0 Å². The quantitative estimate of drug-likeness (QED) is 0.700. The largest absolute Gasteiger partial charge is 0.477 e. The molecule has 8 heteroatoms. The lowest BCUT2D eigenvalue weighted by atomic mass is 10.2. The van der Waals surface area contributed by atoms with Gasteiger partial charge in [-0.05, 0) is 46.6 Å². The molecule has 3 aromatic heterocycles. The van der Waals surface area contributed by atoms with E-state index in [1.807, 2.05) is 17.5 Å². The Hall–Kier alpha value is -1.77. The molecule has 22 heavy (non-hydrogen) atoms. The predicted molar refractivity (Wildman–Crippen MR) is 92.9 cm³/mol. The minimum Gasteiger partial charge on any atom is -0.477 e. The maximum absolute atomic E-state index is 12.2. The molecule has 5 nitrogen and oxygen atoms in total. The van der Waals surface area contributed by atoms with Crippen LogP contribution in [0.4, 0.5) is 0 Å². The number of H-pyrrole nitrogens is 1.